The van der Waals surface area contributed by atoms with E-state index in [9.17, 15) is 17.6 Å². The molecule has 6 nitrogen and oxygen atoms in total. The molecule has 2 aromatic carbocycles. The summed E-state index contributed by atoms with van der Waals surface area (Å²) < 4.78 is 45.3. The van der Waals surface area contributed by atoms with E-state index >= 15 is 0 Å². The number of aryl methyl sites for hydroxylation is 1. The zero-order valence-electron chi connectivity index (χ0n) is 14.2. The Morgan fingerprint density at radius 1 is 1.15 bits per heavy atom. The Morgan fingerprint density at radius 3 is 2.58 bits per heavy atom. The largest absolute Gasteiger partial charge is 0.379 e. The third-order valence-electron chi connectivity index (χ3n) is 4.12. The van der Waals surface area contributed by atoms with Gasteiger partial charge in [-0.15, -0.1) is 0 Å². The van der Waals surface area contributed by atoms with Crippen molar-refractivity contribution in [3.8, 4) is 0 Å². The number of morpholine rings is 1. The zero-order chi connectivity index (χ0) is 18.7. The molecule has 1 heterocycles. The average molecular weight is 378 g/mol. The molecule has 2 aromatic rings. The van der Waals surface area contributed by atoms with Crippen molar-refractivity contribution in [1.82, 2.24) is 4.31 Å². The summed E-state index contributed by atoms with van der Waals surface area (Å²) in [6.45, 7) is 2.87. The highest BCUT2D eigenvalue weighted by atomic mass is 32.2. The normalized spacial score (nSPS) is 15.6. The van der Waals surface area contributed by atoms with Crippen molar-refractivity contribution >= 4 is 21.6 Å². The lowest BCUT2D eigenvalue weighted by molar-refractivity contribution is 0.0730. The highest BCUT2D eigenvalue weighted by Gasteiger charge is 2.26. The number of benzene rings is 2. The molecule has 1 aliphatic heterocycles. The molecule has 1 fully saturated rings. The van der Waals surface area contributed by atoms with Gasteiger partial charge in [-0.05, 0) is 48.9 Å². The van der Waals surface area contributed by atoms with Crippen LogP contribution < -0.4 is 5.32 Å². The Hall–Kier alpha value is -2.29. The number of carbonyl (C=O) groups excluding carboxylic acids is 1. The van der Waals surface area contributed by atoms with Crippen molar-refractivity contribution in [2.75, 3.05) is 31.6 Å². The van der Waals surface area contributed by atoms with E-state index < -0.39 is 15.9 Å². The van der Waals surface area contributed by atoms with Crippen LogP contribution in [0.2, 0.25) is 0 Å². The lowest BCUT2D eigenvalue weighted by Crippen LogP contribution is -2.40. The molecular formula is C18H19FN2O4S. The zero-order valence-corrected chi connectivity index (χ0v) is 15.1. The number of halogens is 1. The smallest absolute Gasteiger partial charge is 0.255 e. The Balaban J connectivity index is 1.82. The van der Waals surface area contributed by atoms with Crippen molar-refractivity contribution in [3.05, 3.63) is 59.4 Å². The number of nitrogens with zero attached hydrogens (tertiary/aromatic N) is 1. The van der Waals surface area contributed by atoms with E-state index in [1.54, 1.807) is 6.92 Å². The van der Waals surface area contributed by atoms with E-state index in [1.807, 2.05) is 0 Å². The van der Waals surface area contributed by atoms with E-state index in [2.05, 4.69) is 5.32 Å². The molecule has 3 rings (SSSR count). The Bertz CT molecular complexity index is 925. The molecule has 0 bridgehead atoms. The third-order valence-corrected chi connectivity index (χ3v) is 6.01. The molecule has 0 unspecified atom stereocenters. The van der Waals surface area contributed by atoms with E-state index in [0.29, 0.717) is 24.5 Å². The monoisotopic (exact) mass is 378 g/mol. The first kappa shape index (κ1) is 18.5. The fourth-order valence-electron chi connectivity index (χ4n) is 2.66. The van der Waals surface area contributed by atoms with Crippen LogP contribution in [0, 0.1) is 12.7 Å². The number of carbonyl (C=O) groups is 1. The summed E-state index contributed by atoms with van der Waals surface area (Å²) in [5.41, 5.74) is 1.06. The number of nitrogens with one attached hydrogen (secondary N) is 1. The van der Waals surface area contributed by atoms with Gasteiger partial charge in [0.2, 0.25) is 10.0 Å². The lowest BCUT2D eigenvalue weighted by Gasteiger charge is -2.26. The average Bonchev–Trinajstić information content (AvgIpc) is 2.65. The van der Waals surface area contributed by atoms with Crippen molar-refractivity contribution in [1.29, 1.82) is 0 Å². The van der Waals surface area contributed by atoms with Gasteiger partial charge in [0.05, 0.1) is 18.1 Å². The molecule has 0 radical (unpaired) electrons. The van der Waals surface area contributed by atoms with Crippen LogP contribution >= 0.6 is 0 Å². The maximum atomic E-state index is 13.3. The van der Waals surface area contributed by atoms with Crippen LogP contribution in [-0.2, 0) is 14.8 Å². The van der Waals surface area contributed by atoms with Crippen LogP contribution in [0.5, 0.6) is 0 Å². The molecule has 1 aliphatic rings. The molecular weight excluding hydrogens is 359 g/mol. The van der Waals surface area contributed by atoms with E-state index in [4.69, 9.17) is 4.74 Å². The van der Waals surface area contributed by atoms with Gasteiger partial charge in [0.1, 0.15) is 5.82 Å². The Kier molecular flexibility index (Phi) is 5.36. The number of amides is 1. The molecule has 138 valence electrons. The van der Waals surface area contributed by atoms with Gasteiger partial charge in [0, 0.05) is 24.3 Å². The Labute approximate surface area is 151 Å². The van der Waals surface area contributed by atoms with Crippen molar-refractivity contribution in [2.24, 2.45) is 0 Å². The van der Waals surface area contributed by atoms with Crippen LogP contribution in [0.1, 0.15) is 15.9 Å². The van der Waals surface area contributed by atoms with E-state index in [-0.39, 0.29) is 29.4 Å². The van der Waals surface area contributed by atoms with Crippen LogP contribution in [-0.4, -0.2) is 44.9 Å². The fraction of sp³-hybridized carbons (Fsp3) is 0.278. The highest BCUT2D eigenvalue weighted by Crippen LogP contribution is 2.20. The van der Waals surface area contributed by atoms with Gasteiger partial charge in [-0.3, -0.25) is 4.79 Å². The molecule has 1 amide bonds. The summed E-state index contributed by atoms with van der Waals surface area (Å²) in [4.78, 5) is 12.5. The van der Waals surface area contributed by atoms with Gasteiger partial charge in [-0.2, -0.15) is 4.31 Å². The van der Waals surface area contributed by atoms with Crippen LogP contribution in [0.3, 0.4) is 0 Å². The highest BCUT2D eigenvalue weighted by molar-refractivity contribution is 7.89. The van der Waals surface area contributed by atoms with E-state index in [0.717, 1.165) is 0 Å². The first-order valence-electron chi connectivity index (χ1n) is 8.13. The minimum Gasteiger partial charge on any atom is -0.379 e. The summed E-state index contributed by atoms with van der Waals surface area (Å²) in [6.07, 6.45) is 0. The predicted molar refractivity (Wildman–Crippen MR) is 95.1 cm³/mol. The van der Waals surface area contributed by atoms with Crippen LogP contribution in [0.4, 0.5) is 10.1 Å². The maximum absolute atomic E-state index is 13.3. The fourth-order valence-corrected chi connectivity index (χ4v) is 4.11. The lowest BCUT2D eigenvalue weighted by atomic mass is 10.2. The minimum atomic E-state index is -3.68. The number of hydrogen-bond acceptors (Lipinski definition) is 4. The molecule has 26 heavy (non-hydrogen) atoms. The van der Waals surface area contributed by atoms with Gasteiger partial charge in [-0.1, -0.05) is 6.07 Å². The summed E-state index contributed by atoms with van der Waals surface area (Å²) in [6, 6.07) is 10.1. The van der Waals surface area contributed by atoms with E-state index in [1.165, 1.54) is 46.8 Å². The van der Waals surface area contributed by atoms with Crippen molar-refractivity contribution < 1.29 is 22.3 Å². The summed E-state index contributed by atoms with van der Waals surface area (Å²) in [5, 5.41) is 2.65. The molecule has 1 saturated heterocycles. The number of ether oxygens (including phenoxy) is 1. The molecule has 1 N–H and O–H groups in total. The SMILES string of the molecule is Cc1cc(NC(=O)c2cccc(S(=O)(=O)N3CCOCC3)c2)ccc1F. The minimum absolute atomic E-state index is 0.0577. The molecule has 0 aromatic heterocycles. The molecule has 8 heteroatoms. The van der Waals surface area contributed by atoms with Crippen LogP contribution in [0.15, 0.2) is 47.4 Å². The van der Waals surface area contributed by atoms with Crippen molar-refractivity contribution in [3.63, 3.8) is 0 Å². The summed E-state index contributed by atoms with van der Waals surface area (Å²) >= 11 is 0. The Morgan fingerprint density at radius 2 is 1.88 bits per heavy atom. The molecule has 0 spiro atoms. The second kappa shape index (κ2) is 7.53. The van der Waals surface area contributed by atoms with Gasteiger partial charge in [0.25, 0.3) is 5.91 Å². The first-order chi connectivity index (χ1) is 12.4. The van der Waals surface area contributed by atoms with Crippen molar-refractivity contribution in [2.45, 2.75) is 11.8 Å². The van der Waals surface area contributed by atoms with Gasteiger partial charge in [0.15, 0.2) is 0 Å². The second-order valence-corrected chi connectivity index (χ2v) is 7.90. The van der Waals surface area contributed by atoms with Gasteiger partial charge in [-0.25, -0.2) is 12.8 Å². The van der Waals surface area contributed by atoms with Gasteiger partial charge < -0.3 is 10.1 Å². The summed E-state index contributed by atoms with van der Waals surface area (Å²) in [5.74, 6) is -0.823. The first-order valence-corrected chi connectivity index (χ1v) is 9.57. The number of sulfonamides is 1. The topological polar surface area (TPSA) is 75.7 Å². The number of anilines is 1. The molecule has 0 aliphatic carbocycles. The standard InChI is InChI=1S/C18H19FN2O4S/c1-13-11-15(5-6-17(13)19)20-18(22)14-3-2-4-16(12-14)26(23,24)21-7-9-25-10-8-21/h2-6,11-12H,7-10H2,1H3,(H,20,22). The third kappa shape index (κ3) is 3.92. The molecule has 0 saturated carbocycles. The predicted octanol–water partition coefficient (Wildman–Crippen LogP) is 2.41. The number of hydrogen-bond donors (Lipinski definition) is 1. The second-order valence-electron chi connectivity index (χ2n) is 5.96. The number of rotatable bonds is 4. The quantitative estimate of drug-likeness (QED) is 0.887. The summed E-state index contributed by atoms with van der Waals surface area (Å²) in [7, 11) is -3.68. The van der Waals surface area contributed by atoms with Crippen LogP contribution in [0.25, 0.3) is 0 Å². The maximum Gasteiger partial charge on any atom is 0.255 e. The van der Waals surface area contributed by atoms with Gasteiger partial charge >= 0.3 is 0 Å². The molecule has 0 atom stereocenters.